The molecule has 2 heterocycles. The van der Waals surface area contributed by atoms with Gasteiger partial charge in [-0.25, -0.2) is 4.79 Å². The lowest BCUT2D eigenvalue weighted by atomic mass is 10.3. The summed E-state index contributed by atoms with van der Waals surface area (Å²) in [6.45, 7) is 2.27. The SMILES string of the molecule is CCCNC(=O)c1c(NC(=O)Cn2cc(C(=O)O)cn2)cnn1C. The van der Waals surface area contributed by atoms with Crippen molar-refractivity contribution in [1.29, 1.82) is 0 Å². The number of nitrogens with one attached hydrogen (secondary N) is 2. The van der Waals surface area contributed by atoms with Crippen molar-refractivity contribution in [2.75, 3.05) is 11.9 Å². The van der Waals surface area contributed by atoms with Crippen LogP contribution in [0.1, 0.15) is 34.2 Å². The summed E-state index contributed by atoms with van der Waals surface area (Å²) >= 11 is 0. The molecule has 0 bridgehead atoms. The fourth-order valence-electron chi connectivity index (χ4n) is 2.02. The second-order valence-electron chi connectivity index (χ2n) is 5.07. The Labute approximate surface area is 137 Å². The van der Waals surface area contributed by atoms with E-state index in [0.717, 1.165) is 12.6 Å². The fourth-order valence-corrected chi connectivity index (χ4v) is 2.02. The first-order valence-corrected chi connectivity index (χ1v) is 7.28. The average Bonchev–Trinajstić information content (AvgIpc) is 3.12. The second kappa shape index (κ2) is 7.40. The van der Waals surface area contributed by atoms with Gasteiger partial charge in [-0.2, -0.15) is 10.2 Å². The number of rotatable bonds is 7. The highest BCUT2D eigenvalue weighted by Gasteiger charge is 2.18. The van der Waals surface area contributed by atoms with E-state index in [1.54, 1.807) is 7.05 Å². The van der Waals surface area contributed by atoms with E-state index in [-0.39, 0.29) is 29.4 Å². The molecule has 0 fully saturated rings. The zero-order valence-electron chi connectivity index (χ0n) is 13.3. The maximum absolute atomic E-state index is 12.1. The molecule has 0 aromatic carbocycles. The summed E-state index contributed by atoms with van der Waals surface area (Å²) in [4.78, 5) is 35.0. The fraction of sp³-hybridized carbons (Fsp3) is 0.357. The standard InChI is InChI=1S/C14H18N6O4/c1-3-4-15-13(22)12-10(6-16-19(12)2)18-11(21)8-20-7-9(5-17-20)14(23)24/h5-7H,3-4,8H2,1-2H3,(H,15,22)(H,18,21)(H,23,24). The number of anilines is 1. The van der Waals surface area contributed by atoms with E-state index in [1.807, 2.05) is 6.92 Å². The number of aryl methyl sites for hydroxylation is 1. The number of hydrogen-bond donors (Lipinski definition) is 3. The summed E-state index contributed by atoms with van der Waals surface area (Å²) in [5.41, 5.74) is 0.508. The molecule has 2 aromatic heterocycles. The highest BCUT2D eigenvalue weighted by molar-refractivity contribution is 6.02. The number of carbonyl (C=O) groups is 3. The number of carboxylic acids is 1. The zero-order chi connectivity index (χ0) is 17.7. The van der Waals surface area contributed by atoms with E-state index >= 15 is 0 Å². The summed E-state index contributed by atoms with van der Waals surface area (Å²) < 4.78 is 2.57. The molecule has 0 saturated carbocycles. The molecule has 0 aliphatic rings. The quantitative estimate of drug-likeness (QED) is 0.658. The molecular formula is C14H18N6O4. The molecule has 128 valence electrons. The van der Waals surface area contributed by atoms with Crippen molar-refractivity contribution in [1.82, 2.24) is 24.9 Å². The van der Waals surface area contributed by atoms with Crippen LogP contribution in [0, 0.1) is 0 Å². The van der Waals surface area contributed by atoms with Gasteiger partial charge in [0.05, 0.1) is 23.6 Å². The number of hydrogen-bond acceptors (Lipinski definition) is 5. The van der Waals surface area contributed by atoms with Gasteiger partial charge in [-0.15, -0.1) is 0 Å². The van der Waals surface area contributed by atoms with Crippen molar-refractivity contribution < 1.29 is 19.5 Å². The molecule has 10 heteroatoms. The lowest BCUT2D eigenvalue weighted by molar-refractivity contribution is -0.116. The Bertz CT molecular complexity index is 763. The summed E-state index contributed by atoms with van der Waals surface area (Å²) in [6.07, 6.45) is 4.57. The van der Waals surface area contributed by atoms with E-state index in [1.165, 1.54) is 21.8 Å². The van der Waals surface area contributed by atoms with Gasteiger partial charge in [-0.05, 0) is 6.42 Å². The Balaban J connectivity index is 2.06. The Morgan fingerprint density at radius 1 is 1.25 bits per heavy atom. The number of carboxylic acid groups (broad SMARTS) is 1. The maximum Gasteiger partial charge on any atom is 0.338 e. The van der Waals surface area contributed by atoms with Gasteiger partial charge in [-0.1, -0.05) is 6.92 Å². The molecule has 3 N–H and O–H groups in total. The summed E-state index contributed by atoms with van der Waals surface area (Å²) in [6, 6.07) is 0. The molecule has 2 aromatic rings. The zero-order valence-corrected chi connectivity index (χ0v) is 13.3. The predicted molar refractivity (Wildman–Crippen MR) is 83.6 cm³/mol. The van der Waals surface area contributed by atoms with Crippen LogP contribution in [-0.4, -0.2) is 49.0 Å². The van der Waals surface area contributed by atoms with Crippen LogP contribution in [0.2, 0.25) is 0 Å². The lowest BCUT2D eigenvalue weighted by Crippen LogP contribution is -2.28. The van der Waals surface area contributed by atoms with Crippen LogP contribution < -0.4 is 10.6 Å². The summed E-state index contributed by atoms with van der Waals surface area (Å²) in [5, 5.41) is 21.9. The molecule has 24 heavy (non-hydrogen) atoms. The third kappa shape index (κ3) is 3.97. The molecule has 0 spiro atoms. The van der Waals surface area contributed by atoms with E-state index in [9.17, 15) is 14.4 Å². The third-order valence-electron chi connectivity index (χ3n) is 3.15. The van der Waals surface area contributed by atoms with Gasteiger partial charge >= 0.3 is 5.97 Å². The molecule has 2 amide bonds. The first-order valence-electron chi connectivity index (χ1n) is 7.28. The van der Waals surface area contributed by atoms with Crippen molar-refractivity contribution in [3.8, 4) is 0 Å². The highest BCUT2D eigenvalue weighted by atomic mass is 16.4. The maximum atomic E-state index is 12.1. The van der Waals surface area contributed by atoms with Crippen molar-refractivity contribution in [3.05, 3.63) is 29.8 Å². The van der Waals surface area contributed by atoms with Crippen LogP contribution in [0.5, 0.6) is 0 Å². The van der Waals surface area contributed by atoms with Crippen LogP contribution in [-0.2, 0) is 18.4 Å². The minimum absolute atomic E-state index is 0.0104. The molecule has 0 aliphatic heterocycles. The molecule has 0 radical (unpaired) electrons. The summed E-state index contributed by atoms with van der Waals surface area (Å²) in [7, 11) is 1.60. The van der Waals surface area contributed by atoms with Gasteiger partial charge in [-0.3, -0.25) is 19.0 Å². The van der Waals surface area contributed by atoms with E-state index in [2.05, 4.69) is 20.8 Å². The number of aromatic nitrogens is 4. The van der Waals surface area contributed by atoms with Gasteiger partial charge in [0.15, 0.2) is 0 Å². The van der Waals surface area contributed by atoms with Crippen LogP contribution in [0.15, 0.2) is 18.6 Å². The lowest BCUT2D eigenvalue weighted by Gasteiger charge is -2.08. The monoisotopic (exact) mass is 334 g/mol. The highest BCUT2D eigenvalue weighted by Crippen LogP contribution is 2.14. The van der Waals surface area contributed by atoms with Gasteiger partial charge in [0, 0.05) is 19.8 Å². The Kier molecular flexibility index (Phi) is 5.30. The van der Waals surface area contributed by atoms with Crippen molar-refractivity contribution in [3.63, 3.8) is 0 Å². The Morgan fingerprint density at radius 2 is 2.00 bits per heavy atom. The first-order chi connectivity index (χ1) is 11.4. The number of aromatic carboxylic acids is 1. The molecule has 0 atom stereocenters. The molecule has 0 aliphatic carbocycles. The van der Waals surface area contributed by atoms with E-state index in [4.69, 9.17) is 5.11 Å². The van der Waals surface area contributed by atoms with Crippen LogP contribution in [0.4, 0.5) is 5.69 Å². The first kappa shape index (κ1) is 17.2. The minimum atomic E-state index is -1.12. The van der Waals surface area contributed by atoms with Crippen LogP contribution >= 0.6 is 0 Å². The molecule has 10 nitrogen and oxygen atoms in total. The molecule has 0 unspecified atom stereocenters. The van der Waals surface area contributed by atoms with Crippen LogP contribution in [0.25, 0.3) is 0 Å². The minimum Gasteiger partial charge on any atom is -0.478 e. The van der Waals surface area contributed by atoms with Gasteiger partial charge in [0.1, 0.15) is 12.2 Å². The topological polar surface area (TPSA) is 131 Å². The smallest absolute Gasteiger partial charge is 0.338 e. The average molecular weight is 334 g/mol. The number of nitrogens with zero attached hydrogens (tertiary/aromatic N) is 4. The van der Waals surface area contributed by atoms with Gasteiger partial charge in [0.25, 0.3) is 5.91 Å². The Morgan fingerprint density at radius 3 is 2.62 bits per heavy atom. The van der Waals surface area contributed by atoms with E-state index < -0.39 is 11.9 Å². The van der Waals surface area contributed by atoms with Crippen molar-refractivity contribution >= 4 is 23.5 Å². The summed E-state index contributed by atoms with van der Waals surface area (Å²) in [5.74, 6) is -1.91. The van der Waals surface area contributed by atoms with Gasteiger partial charge < -0.3 is 15.7 Å². The van der Waals surface area contributed by atoms with Crippen molar-refractivity contribution in [2.24, 2.45) is 7.05 Å². The van der Waals surface area contributed by atoms with E-state index in [0.29, 0.717) is 6.54 Å². The normalized spacial score (nSPS) is 10.4. The number of carbonyl (C=O) groups excluding carboxylic acids is 2. The number of amides is 2. The molecule has 2 rings (SSSR count). The van der Waals surface area contributed by atoms with Crippen molar-refractivity contribution in [2.45, 2.75) is 19.9 Å². The Hall–Kier alpha value is -3.17. The molecule has 0 saturated heterocycles. The largest absolute Gasteiger partial charge is 0.478 e. The van der Waals surface area contributed by atoms with Gasteiger partial charge in [0.2, 0.25) is 5.91 Å². The molecular weight excluding hydrogens is 316 g/mol. The third-order valence-corrected chi connectivity index (χ3v) is 3.15. The van der Waals surface area contributed by atoms with Crippen LogP contribution in [0.3, 0.4) is 0 Å². The second-order valence-corrected chi connectivity index (χ2v) is 5.07. The predicted octanol–water partition coefficient (Wildman–Crippen LogP) is 0.0933.